The number of ether oxygens (including phenoxy) is 1. The van der Waals surface area contributed by atoms with Gasteiger partial charge < -0.3 is 15.4 Å². The van der Waals surface area contributed by atoms with Crippen molar-refractivity contribution < 1.29 is 4.74 Å². The minimum atomic E-state index is 0.0611. The van der Waals surface area contributed by atoms with E-state index >= 15 is 0 Å². The van der Waals surface area contributed by atoms with Crippen molar-refractivity contribution in [1.29, 1.82) is 0 Å². The Morgan fingerprint density at radius 3 is 2.62 bits per heavy atom. The summed E-state index contributed by atoms with van der Waals surface area (Å²) < 4.78 is 5.38. The van der Waals surface area contributed by atoms with E-state index < -0.39 is 0 Å². The molecule has 0 aliphatic heterocycles. The van der Waals surface area contributed by atoms with Crippen LogP contribution in [0.25, 0.3) is 0 Å². The van der Waals surface area contributed by atoms with Gasteiger partial charge in [-0.1, -0.05) is 30.3 Å². The third kappa shape index (κ3) is 4.20. The Bertz CT molecular complexity index is 628. The number of para-hydroxylation sites is 1. The molecule has 0 spiro atoms. The predicted molar refractivity (Wildman–Crippen MR) is 91.9 cm³/mol. The molecule has 0 radical (unpaired) electrons. The Hall–Kier alpha value is -2.07. The molecule has 0 saturated carbocycles. The number of rotatable bonds is 4. The van der Waals surface area contributed by atoms with Gasteiger partial charge in [0.2, 0.25) is 0 Å². The molecule has 0 aliphatic rings. The molecule has 0 aromatic heterocycles. The van der Waals surface area contributed by atoms with Gasteiger partial charge in [0, 0.05) is 11.3 Å². The van der Waals surface area contributed by atoms with Gasteiger partial charge >= 0.3 is 0 Å². The van der Waals surface area contributed by atoms with Crippen molar-refractivity contribution in [3.63, 3.8) is 0 Å². The highest BCUT2D eigenvalue weighted by atomic mass is 32.1. The third-order valence-corrected chi connectivity index (χ3v) is 3.45. The molecule has 0 aliphatic carbocycles. The predicted octanol–water partition coefficient (Wildman–Crippen LogP) is 4.05. The lowest BCUT2D eigenvalue weighted by molar-refractivity contribution is 0.405. The molecule has 3 nitrogen and oxygen atoms in total. The summed E-state index contributed by atoms with van der Waals surface area (Å²) >= 11 is 5.37. The molecule has 0 unspecified atom stereocenters. The first kappa shape index (κ1) is 15.3. The lowest BCUT2D eigenvalue weighted by Crippen LogP contribution is -2.31. The van der Waals surface area contributed by atoms with Crippen molar-refractivity contribution in [2.24, 2.45) is 0 Å². The summed E-state index contributed by atoms with van der Waals surface area (Å²) in [6, 6.07) is 16.1. The zero-order valence-electron chi connectivity index (χ0n) is 12.5. The molecule has 2 aromatic carbocycles. The molecule has 21 heavy (non-hydrogen) atoms. The van der Waals surface area contributed by atoms with Crippen LogP contribution in [0.5, 0.6) is 5.75 Å². The fourth-order valence-electron chi connectivity index (χ4n) is 2.19. The van der Waals surface area contributed by atoms with Gasteiger partial charge in [-0.05, 0) is 49.8 Å². The molecule has 0 amide bonds. The number of aryl methyl sites for hydroxylation is 1. The minimum absolute atomic E-state index is 0.0611. The van der Waals surface area contributed by atoms with Crippen LogP contribution in [0.1, 0.15) is 24.1 Å². The first-order valence-electron chi connectivity index (χ1n) is 6.87. The summed E-state index contributed by atoms with van der Waals surface area (Å²) in [5.74, 6) is 0.857. The van der Waals surface area contributed by atoms with E-state index in [1.807, 2.05) is 36.4 Å². The fraction of sp³-hybridized carbons (Fsp3) is 0.235. The lowest BCUT2D eigenvalue weighted by atomic mass is 10.1. The van der Waals surface area contributed by atoms with E-state index in [0.29, 0.717) is 5.11 Å². The summed E-state index contributed by atoms with van der Waals surface area (Å²) in [7, 11) is 1.68. The van der Waals surface area contributed by atoms with Crippen LogP contribution >= 0.6 is 12.2 Å². The van der Waals surface area contributed by atoms with E-state index in [9.17, 15) is 0 Å². The van der Waals surface area contributed by atoms with Gasteiger partial charge in [0.05, 0.1) is 13.2 Å². The standard InChI is InChI=1S/C17H20N2OS/c1-12-7-6-8-14(11-12)19-17(21)18-13(2)15-9-4-5-10-16(15)20-3/h4-11,13H,1-3H3,(H2,18,19,21)/t13-/m1/s1. The summed E-state index contributed by atoms with van der Waals surface area (Å²) in [6.45, 7) is 4.11. The van der Waals surface area contributed by atoms with Crippen LogP contribution in [0.15, 0.2) is 48.5 Å². The topological polar surface area (TPSA) is 33.3 Å². The molecule has 2 aromatic rings. The fourth-order valence-corrected chi connectivity index (χ4v) is 2.48. The largest absolute Gasteiger partial charge is 0.496 e. The summed E-state index contributed by atoms with van der Waals surface area (Å²) in [6.07, 6.45) is 0. The van der Waals surface area contributed by atoms with Crippen LogP contribution in [0.2, 0.25) is 0 Å². The molecule has 2 rings (SSSR count). The van der Waals surface area contributed by atoms with E-state index in [1.54, 1.807) is 7.11 Å². The maximum atomic E-state index is 5.38. The van der Waals surface area contributed by atoms with Crippen molar-refractivity contribution >= 4 is 23.0 Å². The lowest BCUT2D eigenvalue weighted by Gasteiger charge is -2.19. The average molecular weight is 300 g/mol. The maximum absolute atomic E-state index is 5.38. The van der Waals surface area contributed by atoms with Gasteiger partial charge in [-0.2, -0.15) is 0 Å². The molecule has 0 fully saturated rings. The smallest absolute Gasteiger partial charge is 0.171 e. The molecule has 4 heteroatoms. The molecule has 0 heterocycles. The first-order chi connectivity index (χ1) is 10.1. The zero-order valence-corrected chi connectivity index (χ0v) is 13.3. The maximum Gasteiger partial charge on any atom is 0.171 e. The second kappa shape index (κ2) is 7.09. The molecule has 110 valence electrons. The van der Waals surface area contributed by atoms with E-state index in [4.69, 9.17) is 17.0 Å². The van der Waals surface area contributed by atoms with Crippen LogP contribution in [-0.2, 0) is 0 Å². The number of nitrogens with one attached hydrogen (secondary N) is 2. The number of methoxy groups -OCH3 is 1. The van der Waals surface area contributed by atoms with Crippen LogP contribution in [0.3, 0.4) is 0 Å². The van der Waals surface area contributed by atoms with Crippen LogP contribution < -0.4 is 15.4 Å². The number of benzene rings is 2. The highest BCUT2D eigenvalue weighted by Crippen LogP contribution is 2.24. The Labute approximate surface area is 131 Å². The highest BCUT2D eigenvalue weighted by molar-refractivity contribution is 7.80. The van der Waals surface area contributed by atoms with Crippen molar-refractivity contribution in [2.45, 2.75) is 19.9 Å². The second-order valence-corrected chi connectivity index (χ2v) is 5.34. The van der Waals surface area contributed by atoms with Gasteiger partial charge in [-0.3, -0.25) is 0 Å². The normalized spacial score (nSPS) is 11.6. The summed E-state index contributed by atoms with van der Waals surface area (Å²) in [5.41, 5.74) is 3.26. The summed E-state index contributed by atoms with van der Waals surface area (Å²) in [5, 5.41) is 7.08. The average Bonchev–Trinajstić information content (AvgIpc) is 2.47. The third-order valence-electron chi connectivity index (χ3n) is 3.23. The molecular formula is C17H20N2OS. The van der Waals surface area contributed by atoms with Crippen LogP contribution in [0, 0.1) is 6.92 Å². The Kier molecular flexibility index (Phi) is 5.17. The van der Waals surface area contributed by atoms with Crippen LogP contribution in [-0.4, -0.2) is 12.2 Å². The molecule has 1 atom stereocenters. The Morgan fingerprint density at radius 2 is 1.90 bits per heavy atom. The quantitative estimate of drug-likeness (QED) is 0.835. The van der Waals surface area contributed by atoms with Crippen molar-refractivity contribution in [3.8, 4) is 5.75 Å². The molecule has 2 N–H and O–H groups in total. The molecular weight excluding hydrogens is 280 g/mol. The van der Waals surface area contributed by atoms with E-state index in [-0.39, 0.29) is 6.04 Å². The van der Waals surface area contributed by atoms with Crippen LogP contribution in [0.4, 0.5) is 5.69 Å². The van der Waals surface area contributed by atoms with Crippen molar-refractivity contribution in [3.05, 3.63) is 59.7 Å². The van der Waals surface area contributed by atoms with Gasteiger partial charge in [-0.15, -0.1) is 0 Å². The van der Waals surface area contributed by atoms with E-state index in [0.717, 1.165) is 17.0 Å². The second-order valence-electron chi connectivity index (χ2n) is 4.93. The SMILES string of the molecule is COc1ccccc1[C@@H](C)NC(=S)Nc1cccc(C)c1. The number of hydrogen-bond acceptors (Lipinski definition) is 2. The zero-order chi connectivity index (χ0) is 15.2. The Balaban J connectivity index is 2.02. The van der Waals surface area contributed by atoms with Gasteiger partial charge in [0.25, 0.3) is 0 Å². The van der Waals surface area contributed by atoms with E-state index in [2.05, 4.69) is 36.6 Å². The first-order valence-corrected chi connectivity index (χ1v) is 7.28. The van der Waals surface area contributed by atoms with Gasteiger partial charge in [-0.25, -0.2) is 0 Å². The van der Waals surface area contributed by atoms with Gasteiger partial charge in [0.1, 0.15) is 5.75 Å². The highest BCUT2D eigenvalue weighted by Gasteiger charge is 2.11. The van der Waals surface area contributed by atoms with Crippen molar-refractivity contribution in [2.75, 3.05) is 12.4 Å². The minimum Gasteiger partial charge on any atom is -0.496 e. The monoisotopic (exact) mass is 300 g/mol. The van der Waals surface area contributed by atoms with E-state index in [1.165, 1.54) is 5.56 Å². The number of hydrogen-bond donors (Lipinski definition) is 2. The molecule has 0 saturated heterocycles. The van der Waals surface area contributed by atoms with Crippen molar-refractivity contribution in [1.82, 2.24) is 5.32 Å². The number of anilines is 1. The van der Waals surface area contributed by atoms with Gasteiger partial charge in [0.15, 0.2) is 5.11 Å². The number of thiocarbonyl (C=S) groups is 1. The Morgan fingerprint density at radius 1 is 1.14 bits per heavy atom. The summed E-state index contributed by atoms with van der Waals surface area (Å²) in [4.78, 5) is 0. The molecule has 0 bridgehead atoms.